The molecule has 0 amide bonds. The Kier molecular flexibility index (Phi) is 5.35. The van der Waals surface area contributed by atoms with Crippen LogP contribution in [0.5, 0.6) is 0 Å². The van der Waals surface area contributed by atoms with Crippen LogP contribution in [0.4, 0.5) is 0 Å². The number of rotatable bonds is 6. The summed E-state index contributed by atoms with van der Waals surface area (Å²) < 4.78 is 3.41. The van der Waals surface area contributed by atoms with E-state index in [1.54, 1.807) is 6.20 Å². The van der Waals surface area contributed by atoms with Crippen molar-refractivity contribution in [1.82, 2.24) is 24.5 Å². The first-order valence-electron chi connectivity index (χ1n) is 10.5. The maximum absolute atomic E-state index is 12.9. The molecule has 5 aromatic rings. The fourth-order valence-electron chi connectivity index (χ4n) is 3.88. The minimum absolute atomic E-state index is 0.0850. The fourth-order valence-corrected chi connectivity index (χ4v) is 3.88. The Labute approximate surface area is 186 Å². The predicted molar refractivity (Wildman–Crippen MR) is 126 cm³/mol. The SMILES string of the molecule is CN(Cc1cn(-c2ccccc2)nc1-c1ccccc1)Cn1ncc2ccccc2c1=O. The molecular formula is C26H23N5O. The first kappa shape index (κ1) is 19.9. The number of aromatic nitrogens is 4. The van der Waals surface area contributed by atoms with Crippen LogP contribution in [0.2, 0.25) is 0 Å². The average molecular weight is 422 g/mol. The second kappa shape index (κ2) is 8.61. The van der Waals surface area contributed by atoms with Crippen molar-refractivity contribution in [3.05, 3.63) is 113 Å². The highest BCUT2D eigenvalue weighted by atomic mass is 16.1. The molecule has 2 aromatic heterocycles. The van der Waals surface area contributed by atoms with Crippen LogP contribution in [0.1, 0.15) is 5.56 Å². The molecule has 0 fully saturated rings. The molecule has 0 unspecified atom stereocenters. The van der Waals surface area contributed by atoms with Gasteiger partial charge < -0.3 is 0 Å². The van der Waals surface area contributed by atoms with E-state index in [2.05, 4.69) is 28.3 Å². The third kappa shape index (κ3) is 3.96. The molecule has 32 heavy (non-hydrogen) atoms. The molecule has 2 heterocycles. The summed E-state index contributed by atoms with van der Waals surface area (Å²) in [5, 5.41) is 10.8. The Balaban J connectivity index is 1.46. The van der Waals surface area contributed by atoms with Crippen molar-refractivity contribution in [2.24, 2.45) is 0 Å². The normalized spacial score (nSPS) is 11.3. The topological polar surface area (TPSA) is 56.0 Å². The molecule has 0 N–H and O–H groups in total. The third-order valence-corrected chi connectivity index (χ3v) is 5.44. The summed E-state index contributed by atoms with van der Waals surface area (Å²) in [5.41, 5.74) is 3.99. The maximum Gasteiger partial charge on any atom is 0.275 e. The maximum atomic E-state index is 12.9. The Morgan fingerprint density at radius 3 is 2.34 bits per heavy atom. The van der Waals surface area contributed by atoms with Gasteiger partial charge in [0.15, 0.2) is 0 Å². The third-order valence-electron chi connectivity index (χ3n) is 5.44. The molecule has 3 aromatic carbocycles. The molecule has 0 spiro atoms. The molecule has 5 rings (SSSR count). The molecule has 0 bridgehead atoms. The van der Waals surface area contributed by atoms with Gasteiger partial charge in [-0.1, -0.05) is 66.7 Å². The van der Waals surface area contributed by atoms with E-state index in [1.807, 2.05) is 84.5 Å². The monoisotopic (exact) mass is 421 g/mol. The molecule has 6 nitrogen and oxygen atoms in total. The van der Waals surface area contributed by atoms with E-state index in [0.717, 1.165) is 27.9 Å². The zero-order valence-corrected chi connectivity index (χ0v) is 17.8. The Morgan fingerprint density at radius 2 is 1.56 bits per heavy atom. The second-order valence-corrected chi connectivity index (χ2v) is 7.84. The Hall–Kier alpha value is -4.03. The van der Waals surface area contributed by atoms with Crippen molar-refractivity contribution in [3.8, 4) is 16.9 Å². The molecule has 0 saturated carbocycles. The quantitative estimate of drug-likeness (QED) is 0.409. The summed E-state index contributed by atoms with van der Waals surface area (Å²) in [6.45, 7) is 1.01. The van der Waals surface area contributed by atoms with Gasteiger partial charge in [-0.25, -0.2) is 9.36 Å². The van der Waals surface area contributed by atoms with Crippen molar-refractivity contribution in [2.45, 2.75) is 13.2 Å². The van der Waals surface area contributed by atoms with E-state index in [-0.39, 0.29) is 5.56 Å². The average Bonchev–Trinajstić information content (AvgIpc) is 3.26. The van der Waals surface area contributed by atoms with E-state index in [1.165, 1.54) is 4.68 Å². The minimum Gasteiger partial charge on any atom is -0.283 e. The first-order chi connectivity index (χ1) is 15.7. The van der Waals surface area contributed by atoms with Gasteiger partial charge in [0, 0.05) is 29.3 Å². The van der Waals surface area contributed by atoms with Crippen LogP contribution in [0.25, 0.3) is 27.7 Å². The van der Waals surface area contributed by atoms with Crippen LogP contribution in [0.3, 0.4) is 0 Å². The lowest BCUT2D eigenvalue weighted by molar-refractivity contribution is 0.241. The van der Waals surface area contributed by atoms with Crippen molar-refractivity contribution < 1.29 is 0 Å². The summed E-state index contributed by atoms with van der Waals surface area (Å²) in [4.78, 5) is 14.9. The fraction of sp³-hybridized carbons (Fsp3) is 0.115. The molecule has 0 aliphatic rings. The van der Waals surface area contributed by atoms with E-state index in [0.29, 0.717) is 18.6 Å². The highest BCUT2D eigenvalue weighted by Crippen LogP contribution is 2.24. The summed E-state index contributed by atoms with van der Waals surface area (Å²) in [5.74, 6) is 0. The first-order valence-corrected chi connectivity index (χ1v) is 10.5. The standard InChI is InChI=1S/C26H23N5O/c1-29(19-31-26(32)24-15-9-8-12-21(24)16-27-31)17-22-18-30(23-13-6-3-7-14-23)28-25(22)20-10-4-2-5-11-20/h2-16,18H,17,19H2,1H3. The summed E-state index contributed by atoms with van der Waals surface area (Å²) in [6.07, 6.45) is 3.80. The second-order valence-electron chi connectivity index (χ2n) is 7.84. The van der Waals surface area contributed by atoms with Gasteiger partial charge in [-0.15, -0.1) is 0 Å². The molecule has 0 aliphatic carbocycles. The van der Waals surface area contributed by atoms with Gasteiger partial charge in [-0.3, -0.25) is 9.69 Å². The van der Waals surface area contributed by atoms with Crippen molar-refractivity contribution in [2.75, 3.05) is 7.05 Å². The van der Waals surface area contributed by atoms with Gasteiger partial charge >= 0.3 is 0 Å². The molecule has 158 valence electrons. The zero-order valence-electron chi connectivity index (χ0n) is 17.8. The lowest BCUT2D eigenvalue weighted by atomic mass is 10.1. The van der Waals surface area contributed by atoms with Gasteiger partial charge in [-0.2, -0.15) is 10.2 Å². The predicted octanol–water partition coefficient (Wildman–Crippen LogP) is 4.34. The molecule has 0 radical (unpaired) electrons. The van der Waals surface area contributed by atoms with Gasteiger partial charge in [0.05, 0.1) is 29.6 Å². The highest BCUT2D eigenvalue weighted by Gasteiger charge is 2.15. The number of nitrogens with zero attached hydrogens (tertiary/aromatic N) is 5. The Bertz CT molecular complexity index is 1410. The summed E-state index contributed by atoms with van der Waals surface area (Å²) in [6, 6.07) is 27.8. The van der Waals surface area contributed by atoms with Gasteiger partial charge in [0.25, 0.3) is 5.56 Å². The molecule has 0 saturated heterocycles. The van der Waals surface area contributed by atoms with Crippen LogP contribution in [-0.4, -0.2) is 31.5 Å². The Morgan fingerprint density at radius 1 is 0.875 bits per heavy atom. The van der Waals surface area contributed by atoms with Crippen molar-refractivity contribution in [1.29, 1.82) is 0 Å². The van der Waals surface area contributed by atoms with Crippen LogP contribution in [-0.2, 0) is 13.2 Å². The molecular weight excluding hydrogens is 398 g/mol. The molecule has 0 atom stereocenters. The highest BCUT2D eigenvalue weighted by molar-refractivity contribution is 5.80. The van der Waals surface area contributed by atoms with E-state index < -0.39 is 0 Å². The van der Waals surface area contributed by atoms with Gasteiger partial charge in [-0.05, 0) is 25.2 Å². The molecule has 6 heteroatoms. The number of para-hydroxylation sites is 1. The van der Waals surface area contributed by atoms with E-state index in [4.69, 9.17) is 5.10 Å². The summed E-state index contributed by atoms with van der Waals surface area (Å²) >= 11 is 0. The van der Waals surface area contributed by atoms with Crippen LogP contribution in [0.15, 0.2) is 102 Å². The van der Waals surface area contributed by atoms with Crippen LogP contribution < -0.4 is 5.56 Å². The smallest absolute Gasteiger partial charge is 0.275 e. The van der Waals surface area contributed by atoms with E-state index in [9.17, 15) is 4.79 Å². The molecule has 0 aliphatic heterocycles. The minimum atomic E-state index is -0.0850. The lowest BCUT2D eigenvalue weighted by Gasteiger charge is -2.17. The van der Waals surface area contributed by atoms with Crippen LogP contribution in [0, 0.1) is 0 Å². The van der Waals surface area contributed by atoms with E-state index >= 15 is 0 Å². The largest absolute Gasteiger partial charge is 0.283 e. The number of hydrogen-bond acceptors (Lipinski definition) is 4. The lowest BCUT2D eigenvalue weighted by Crippen LogP contribution is -2.31. The van der Waals surface area contributed by atoms with Crippen molar-refractivity contribution >= 4 is 10.8 Å². The number of fused-ring (bicyclic) bond motifs is 1. The van der Waals surface area contributed by atoms with Crippen molar-refractivity contribution in [3.63, 3.8) is 0 Å². The van der Waals surface area contributed by atoms with Gasteiger partial charge in [0.2, 0.25) is 0 Å². The van der Waals surface area contributed by atoms with Crippen LogP contribution >= 0.6 is 0 Å². The summed E-state index contributed by atoms with van der Waals surface area (Å²) in [7, 11) is 1.98. The number of hydrogen-bond donors (Lipinski definition) is 0. The number of benzene rings is 3. The zero-order chi connectivity index (χ0) is 21.9. The van der Waals surface area contributed by atoms with Gasteiger partial charge in [0.1, 0.15) is 0 Å².